The van der Waals surface area contributed by atoms with Crippen LogP contribution in [0.25, 0.3) is 0 Å². The van der Waals surface area contributed by atoms with Crippen molar-refractivity contribution in [2.75, 3.05) is 13.1 Å². The van der Waals surface area contributed by atoms with Gasteiger partial charge in [-0.25, -0.2) is 0 Å². The SMILES string of the molecule is Cc1ccc(Cl)c(C(=O)NC2CCN(Cc3c(C)noc3C)CC2O)c1. The summed E-state index contributed by atoms with van der Waals surface area (Å²) in [6, 6.07) is 5.05. The minimum absolute atomic E-state index is 0.248. The quantitative estimate of drug-likeness (QED) is 0.856. The van der Waals surface area contributed by atoms with Crippen molar-refractivity contribution in [3.05, 3.63) is 51.4 Å². The number of aliphatic hydroxyl groups is 1. The summed E-state index contributed by atoms with van der Waals surface area (Å²) < 4.78 is 5.20. The van der Waals surface area contributed by atoms with Crippen LogP contribution in [0.15, 0.2) is 22.7 Å². The number of aliphatic hydroxyl groups excluding tert-OH is 1. The molecule has 1 aromatic heterocycles. The molecule has 26 heavy (non-hydrogen) atoms. The molecule has 1 aliphatic heterocycles. The molecule has 0 spiro atoms. The largest absolute Gasteiger partial charge is 0.390 e. The van der Waals surface area contributed by atoms with Crippen LogP contribution in [-0.2, 0) is 6.54 Å². The third-order valence-electron chi connectivity index (χ3n) is 4.91. The van der Waals surface area contributed by atoms with Crippen LogP contribution in [0.4, 0.5) is 0 Å². The number of β-amino-alcohol motifs (C(OH)–C–C–N with tert-alkyl or cyclic N) is 1. The Balaban J connectivity index is 1.60. The molecular weight excluding hydrogens is 354 g/mol. The van der Waals surface area contributed by atoms with Gasteiger partial charge in [0.1, 0.15) is 5.76 Å². The van der Waals surface area contributed by atoms with Gasteiger partial charge in [-0.15, -0.1) is 0 Å². The van der Waals surface area contributed by atoms with Gasteiger partial charge in [0.25, 0.3) is 5.91 Å². The second-order valence-electron chi connectivity index (χ2n) is 6.96. The van der Waals surface area contributed by atoms with Crippen molar-refractivity contribution < 1.29 is 14.4 Å². The summed E-state index contributed by atoms with van der Waals surface area (Å²) in [7, 11) is 0. The summed E-state index contributed by atoms with van der Waals surface area (Å²) in [6.45, 7) is 7.66. The zero-order valence-corrected chi connectivity index (χ0v) is 16.0. The van der Waals surface area contributed by atoms with Crippen LogP contribution >= 0.6 is 11.6 Å². The van der Waals surface area contributed by atoms with Crippen molar-refractivity contribution in [3.8, 4) is 0 Å². The minimum Gasteiger partial charge on any atom is -0.390 e. The van der Waals surface area contributed by atoms with Crippen LogP contribution in [0.3, 0.4) is 0 Å². The van der Waals surface area contributed by atoms with Gasteiger partial charge in [0, 0.05) is 25.2 Å². The van der Waals surface area contributed by atoms with Gasteiger partial charge in [-0.05, 0) is 39.3 Å². The summed E-state index contributed by atoms with van der Waals surface area (Å²) in [4.78, 5) is 14.7. The van der Waals surface area contributed by atoms with Crippen LogP contribution in [0, 0.1) is 20.8 Å². The average Bonchev–Trinajstić information content (AvgIpc) is 2.91. The Morgan fingerprint density at radius 3 is 2.85 bits per heavy atom. The van der Waals surface area contributed by atoms with Crippen LogP contribution in [0.5, 0.6) is 0 Å². The number of amides is 1. The van der Waals surface area contributed by atoms with Crippen molar-refractivity contribution in [1.29, 1.82) is 0 Å². The lowest BCUT2D eigenvalue weighted by Gasteiger charge is -2.36. The molecule has 2 heterocycles. The monoisotopic (exact) mass is 377 g/mol. The maximum Gasteiger partial charge on any atom is 0.253 e. The summed E-state index contributed by atoms with van der Waals surface area (Å²) in [5.41, 5.74) is 3.35. The Morgan fingerprint density at radius 1 is 1.42 bits per heavy atom. The third-order valence-corrected chi connectivity index (χ3v) is 5.24. The van der Waals surface area contributed by atoms with Gasteiger partial charge in [-0.2, -0.15) is 0 Å². The van der Waals surface area contributed by atoms with E-state index in [1.165, 1.54) is 0 Å². The molecule has 2 aromatic rings. The standard InChI is InChI=1S/C19H24ClN3O3/c1-11-4-5-16(20)14(8-11)19(25)21-17-6-7-23(10-18(17)24)9-15-12(2)22-26-13(15)3/h4-5,8,17-18,24H,6-7,9-10H2,1-3H3,(H,21,25). The van der Waals surface area contributed by atoms with Crippen molar-refractivity contribution in [2.45, 2.75) is 45.9 Å². The molecule has 3 rings (SSSR count). The van der Waals surface area contributed by atoms with Gasteiger partial charge in [0.2, 0.25) is 0 Å². The fraction of sp³-hybridized carbons (Fsp3) is 0.474. The van der Waals surface area contributed by atoms with Crippen molar-refractivity contribution in [3.63, 3.8) is 0 Å². The highest BCUT2D eigenvalue weighted by atomic mass is 35.5. The van der Waals surface area contributed by atoms with Gasteiger partial charge in [-0.1, -0.05) is 28.4 Å². The fourth-order valence-electron chi connectivity index (χ4n) is 3.32. The highest BCUT2D eigenvalue weighted by molar-refractivity contribution is 6.33. The second-order valence-corrected chi connectivity index (χ2v) is 7.36. The molecule has 1 fully saturated rings. The number of aromatic nitrogens is 1. The van der Waals surface area contributed by atoms with Crippen LogP contribution < -0.4 is 5.32 Å². The first-order chi connectivity index (χ1) is 12.3. The molecule has 0 aliphatic carbocycles. The molecule has 7 heteroatoms. The number of rotatable bonds is 4. The molecule has 2 unspecified atom stereocenters. The van der Waals surface area contributed by atoms with Gasteiger partial charge in [-0.3, -0.25) is 9.69 Å². The smallest absolute Gasteiger partial charge is 0.253 e. The molecule has 1 amide bonds. The molecule has 1 aromatic carbocycles. The lowest BCUT2D eigenvalue weighted by molar-refractivity contribution is 0.0347. The van der Waals surface area contributed by atoms with Crippen molar-refractivity contribution in [1.82, 2.24) is 15.4 Å². The van der Waals surface area contributed by atoms with E-state index in [0.29, 0.717) is 30.1 Å². The summed E-state index contributed by atoms with van der Waals surface area (Å²) in [6.07, 6.45) is 0.0245. The van der Waals surface area contributed by atoms with Crippen molar-refractivity contribution >= 4 is 17.5 Å². The van der Waals surface area contributed by atoms with E-state index >= 15 is 0 Å². The van der Waals surface area contributed by atoms with E-state index in [2.05, 4.69) is 15.4 Å². The van der Waals surface area contributed by atoms with Crippen LogP contribution in [-0.4, -0.2) is 46.3 Å². The Morgan fingerprint density at radius 2 is 2.19 bits per heavy atom. The zero-order chi connectivity index (χ0) is 18.8. The molecular formula is C19H24ClN3O3. The Labute approximate surface area is 158 Å². The summed E-state index contributed by atoms with van der Waals surface area (Å²) >= 11 is 6.13. The lowest BCUT2D eigenvalue weighted by atomic mass is 10.00. The normalized spacial score (nSPS) is 21.0. The van der Waals surface area contributed by atoms with Crippen molar-refractivity contribution in [2.24, 2.45) is 0 Å². The predicted molar refractivity (Wildman–Crippen MR) is 99.3 cm³/mol. The molecule has 2 N–H and O–H groups in total. The number of aryl methyl sites for hydroxylation is 3. The molecule has 1 saturated heterocycles. The molecule has 2 atom stereocenters. The summed E-state index contributed by atoms with van der Waals surface area (Å²) in [5.74, 6) is 0.559. The fourth-order valence-corrected chi connectivity index (χ4v) is 3.52. The highest BCUT2D eigenvalue weighted by Crippen LogP contribution is 2.21. The van der Waals surface area contributed by atoms with Crippen LogP contribution in [0.2, 0.25) is 5.02 Å². The van der Waals surface area contributed by atoms with E-state index in [1.54, 1.807) is 12.1 Å². The maximum absolute atomic E-state index is 12.5. The molecule has 140 valence electrons. The lowest BCUT2D eigenvalue weighted by Crippen LogP contribution is -2.53. The van der Waals surface area contributed by atoms with E-state index in [4.69, 9.17) is 16.1 Å². The third kappa shape index (κ3) is 4.09. The second kappa shape index (κ2) is 7.78. The van der Waals surface area contributed by atoms with E-state index < -0.39 is 6.10 Å². The van der Waals surface area contributed by atoms with Gasteiger partial charge in [0.15, 0.2) is 0 Å². The Bertz CT molecular complexity index is 786. The first-order valence-electron chi connectivity index (χ1n) is 8.74. The number of likely N-dealkylation sites (tertiary alicyclic amines) is 1. The topological polar surface area (TPSA) is 78.6 Å². The number of nitrogens with zero attached hydrogens (tertiary/aromatic N) is 2. The molecule has 0 saturated carbocycles. The number of carbonyl (C=O) groups excluding carboxylic acids is 1. The molecule has 6 nitrogen and oxygen atoms in total. The first kappa shape index (κ1) is 18.9. The average molecular weight is 378 g/mol. The highest BCUT2D eigenvalue weighted by Gasteiger charge is 2.30. The summed E-state index contributed by atoms with van der Waals surface area (Å²) in [5, 5.41) is 17.8. The Hall–Kier alpha value is -1.89. The number of hydrogen-bond donors (Lipinski definition) is 2. The van der Waals surface area contributed by atoms with E-state index in [0.717, 1.165) is 29.1 Å². The molecule has 0 bridgehead atoms. The van der Waals surface area contributed by atoms with Gasteiger partial charge < -0.3 is 14.9 Å². The minimum atomic E-state index is -0.642. The number of hydrogen-bond acceptors (Lipinski definition) is 5. The Kier molecular flexibility index (Phi) is 5.65. The first-order valence-corrected chi connectivity index (χ1v) is 9.12. The van der Waals surface area contributed by atoms with E-state index in [-0.39, 0.29) is 11.9 Å². The number of piperidine rings is 1. The number of nitrogens with one attached hydrogen (secondary N) is 1. The van der Waals surface area contributed by atoms with E-state index in [9.17, 15) is 9.90 Å². The van der Waals surface area contributed by atoms with E-state index in [1.807, 2.05) is 26.8 Å². The van der Waals surface area contributed by atoms with Crippen LogP contribution in [0.1, 0.15) is 39.4 Å². The predicted octanol–water partition coefficient (Wildman–Crippen LogP) is 2.62. The van der Waals surface area contributed by atoms with Gasteiger partial charge in [0.05, 0.1) is 28.4 Å². The zero-order valence-electron chi connectivity index (χ0n) is 15.3. The molecule has 0 radical (unpaired) electrons. The maximum atomic E-state index is 12.5. The number of halogens is 1. The van der Waals surface area contributed by atoms with Gasteiger partial charge >= 0.3 is 0 Å². The number of carbonyl (C=O) groups is 1. The number of benzene rings is 1. The molecule has 1 aliphatic rings.